The Morgan fingerprint density at radius 3 is 2.80 bits per heavy atom. The first-order valence-electron chi connectivity index (χ1n) is 4.25. The lowest BCUT2D eigenvalue weighted by Crippen LogP contribution is -2.09. The third-order valence-electron chi connectivity index (χ3n) is 1.57. The molecule has 0 bridgehead atoms. The number of pyridine rings is 1. The van der Waals surface area contributed by atoms with Crippen molar-refractivity contribution in [1.82, 2.24) is 4.98 Å². The Morgan fingerprint density at radius 2 is 2.20 bits per heavy atom. The molecule has 1 rings (SSSR count). The number of carboxylic acids is 1. The standard InChI is InChI=1S/C10H10N2O3/c1-2-3-9(13)12-8-4-7(10(14)15)5-11-6-8/h2-6H,1H3,(H,12,13)(H,14,15)/b3-2+. The summed E-state index contributed by atoms with van der Waals surface area (Å²) >= 11 is 0. The fraction of sp³-hybridized carbons (Fsp3) is 0.100. The molecule has 0 radical (unpaired) electrons. The van der Waals surface area contributed by atoms with Gasteiger partial charge in [-0.3, -0.25) is 9.78 Å². The predicted octanol–water partition coefficient (Wildman–Crippen LogP) is 1.29. The van der Waals surface area contributed by atoms with E-state index in [0.29, 0.717) is 5.69 Å². The Balaban J connectivity index is 2.82. The number of aromatic carboxylic acids is 1. The Hall–Kier alpha value is -2.17. The largest absolute Gasteiger partial charge is 0.478 e. The molecule has 1 amide bonds. The highest BCUT2D eigenvalue weighted by molar-refractivity contribution is 5.99. The van der Waals surface area contributed by atoms with E-state index in [9.17, 15) is 9.59 Å². The summed E-state index contributed by atoms with van der Waals surface area (Å²) in [6, 6.07) is 1.34. The highest BCUT2D eigenvalue weighted by atomic mass is 16.4. The number of carboxylic acid groups (broad SMARTS) is 1. The van der Waals surface area contributed by atoms with Gasteiger partial charge in [-0.1, -0.05) is 6.08 Å². The molecule has 5 heteroatoms. The molecule has 15 heavy (non-hydrogen) atoms. The molecular formula is C10H10N2O3. The highest BCUT2D eigenvalue weighted by Gasteiger charge is 2.04. The number of anilines is 1. The molecule has 1 aromatic rings. The van der Waals surface area contributed by atoms with E-state index in [2.05, 4.69) is 10.3 Å². The van der Waals surface area contributed by atoms with Gasteiger partial charge in [0.25, 0.3) is 0 Å². The number of rotatable bonds is 3. The van der Waals surface area contributed by atoms with Crippen LogP contribution >= 0.6 is 0 Å². The Labute approximate surface area is 86.5 Å². The van der Waals surface area contributed by atoms with Crippen LogP contribution in [-0.2, 0) is 4.79 Å². The van der Waals surface area contributed by atoms with Gasteiger partial charge in [0.15, 0.2) is 0 Å². The first-order valence-corrected chi connectivity index (χ1v) is 4.25. The van der Waals surface area contributed by atoms with Crippen molar-refractivity contribution in [2.45, 2.75) is 6.92 Å². The van der Waals surface area contributed by atoms with Crippen LogP contribution in [0.1, 0.15) is 17.3 Å². The monoisotopic (exact) mass is 206 g/mol. The van der Waals surface area contributed by atoms with Crippen LogP contribution in [0.3, 0.4) is 0 Å². The van der Waals surface area contributed by atoms with Gasteiger partial charge in [0.05, 0.1) is 17.4 Å². The number of hydrogen-bond acceptors (Lipinski definition) is 3. The molecule has 0 aliphatic heterocycles. The van der Waals surface area contributed by atoms with E-state index >= 15 is 0 Å². The molecular weight excluding hydrogens is 196 g/mol. The zero-order valence-corrected chi connectivity index (χ0v) is 8.10. The zero-order chi connectivity index (χ0) is 11.3. The van der Waals surface area contributed by atoms with Crippen LogP contribution in [0.4, 0.5) is 5.69 Å². The average Bonchev–Trinajstić information content (AvgIpc) is 2.18. The van der Waals surface area contributed by atoms with Gasteiger partial charge in [-0.15, -0.1) is 0 Å². The maximum absolute atomic E-state index is 11.1. The number of aromatic nitrogens is 1. The van der Waals surface area contributed by atoms with Gasteiger partial charge in [0, 0.05) is 6.20 Å². The topological polar surface area (TPSA) is 79.3 Å². The molecule has 5 nitrogen and oxygen atoms in total. The quantitative estimate of drug-likeness (QED) is 0.730. The molecule has 1 aromatic heterocycles. The Kier molecular flexibility index (Phi) is 3.56. The van der Waals surface area contributed by atoms with Gasteiger partial charge < -0.3 is 10.4 Å². The molecule has 0 aliphatic carbocycles. The van der Waals surface area contributed by atoms with Crippen LogP contribution in [0.25, 0.3) is 0 Å². The fourth-order valence-electron chi connectivity index (χ4n) is 0.961. The summed E-state index contributed by atoms with van der Waals surface area (Å²) in [7, 11) is 0. The second-order valence-electron chi connectivity index (χ2n) is 2.76. The lowest BCUT2D eigenvalue weighted by Gasteiger charge is -2.01. The van der Waals surface area contributed by atoms with Gasteiger partial charge in [0.2, 0.25) is 5.91 Å². The van der Waals surface area contributed by atoms with Gasteiger partial charge in [-0.05, 0) is 19.1 Å². The molecule has 78 valence electrons. The minimum absolute atomic E-state index is 0.0354. The lowest BCUT2D eigenvalue weighted by atomic mass is 10.2. The summed E-state index contributed by atoms with van der Waals surface area (Å²) in [4.78, 5) is 25.4. The number of amides is 1. The average molecular weight is 206 g/mol. The van der Waals surface area contributed by atoms with Crippen LogP contribution in [0.2, 0.25) is 0 Å². The van der Waals surface area contributed by atoms with E-state index < -0.39 is 5.97 Å². The van der Waals surface area contributed by atoms with Crippen molar-refractivity contribution in [3.63, 3.8) is 0 Å². The number of nitrogens with zero attached hydrogens (tertiary/aromatic N) is 1. The third-order valence-corrected chi connectivity index (χ3v) is 1.57. The van der Waals surface area contributed by atoms with Crippen molar-refractivity contribution in [3.8, 4) is 0 Å². The van der Waals surface area contributed by atoms with E-state index in [0.717, 1.165) is 0 Å². The first kappa shape index (κ1) is 10.9. The number of carbonyl (C=O) groups is 2. The smallest absolute Gasteiger partial charge is 0.337 e. The van der Waals surface area contributed by atoms with E-state index in [1.54, 1.807) is 13.0 Å². The summed E-state index contributed by atoms with van der Waals surface area (Å²) in [5.74, 6) is -1.40. The van der Waals surface area contributed by atoms with Crippen molar-refractivity contribution < 1.29 is 14.7 Å². The second kappa shape index (κ2) is 4.90. The van der Waals surface area contributed by atoms with Crippen molar-refractivity contribution in [2.24, 2.45) is 0 Å². The Morgan fingerprint density at radius 1 is 1.47 bits per heavy atom. The number of carbonyl (C=O) groups excluding carboxylic acids is 1. The molecule has 0 unspecified atom stereocenters. The fourth-order valence-corrected chi connectivity index (χ4v) is 0.961. The molecule has 0 spiro atoms. The number of allylic oxidation sites excluding steroid dienone is 1. The van der Waals surface area contributed by atoms with Crippen LogP contribution in [0, 0.1) is 0 Å². The van der Waals surface area contributed by atoms with Crippen molar-refractivity contribution in [1.29, 1.82) is 0 Å². The molecule has 0 aliphatic rings. The molecule has 2 N–H and O–H groups in total. The van der Waals surface area contributed by atoms with Crippen molar-refractivity contribution in [3.05, 3.63) is 36.2 Å². The molecule has 0 saturated carbocycles. The number of nitrogens with one attached hydrogen (secondary N) is 1. The van der Waals surface area contributed by atoms with Crippen molar-refractivity contribution in [2.75, 3.05) is 5.32 Å². The van der Waals surface area contributed by atoms with Crippen LogP contribution < -0.4 is 5.32 Å². The third kappa shape index (κ3) is 3.22. The minimum Gasteiger partial charge on any atom is -0.478 e. The Bertz CT molecular complexity index is 413. The summed E-state index contributed by atoms with van der Waals surface area (Å²) in [5, 5.41) is 11.2. The first-order chi connectivity index (χ1) is 7.13. The zero-order valence-electron chi connectivity index (χ0n) is 8.10. The molecule has 0 saturated heterocycles. The van der Waals surface area contributed by atoms with Crippen molar-refractivity contribution >= 4 is 17.6 Å². The summed E-state index contributed by atoms with van der Waals surface area (Å²) in [6.45, 7) is 1.71. The van der Waals surface area contributed by atoms with Gasteiger partial charge in [0.1, 0.15) is 0 Å². The van der Waals surface area contributed by atoms with Gasteiger partial charge in [-0.25, -0.2) is 4.79 Å². The highest BCUT2D eigenvalue weighted by Crippen LogP contribution is 2.08. The van der Waals surface area contributed by atoms with E-state index in [-0.39, 0.29) is 11.5 Å². The predicted molar refractivity (Wildman–Crippen MR) is 54.6 cm³/mol. The van der Waals surface area contributed by atoms with E-state index in [1.807, 2.05) is 0 Å². The minimum atomic E-state index is -1.08. The van der Waals surface area contributed by atoms with Crippen LogP contribution in [-0.4, -0.2) is 22.0 Å². The summed E-state index contributed by atoms with van der Waals surface area (Å²) in [5.41, 5.74) is 0.395. The van der Waals surface area contributed by atoms with E-state index in [1.165, 1.54) is 24.5 Å². The maximum Gasteiger partial charge on any atom is 0.337 e. The number of hydrogen-bond donors (Lipinski definition) is 2. The summed E-state index contributed by atoms with van der Waals surface area (Å²) in [6.07, 6.45) is 5.53. The summed E-state index contributed by atoms with van der Waals surface area (Å²) < 4.78 is 0. The lowest BCUT2D eigenvalue weighted by molar-refractivity contribution is -0.111. The molecule has 1 heterocycles. The molecule has 0 fully saturated rings. The van der Waals surface area contributed by atoms with Crippen LogP contribution in [0.15, 0.2) is 30.6 Å². The normalized spacial score (nSPS) is 10.2. The molecule has 0 atom stereocenters. The SMILES string of the molecule is C/C=C/C(=O)Nc1cncc(C(=O)O)c1. The van der Waals surface area contributed by atoms with Gasteiger partial charge in [-0.2, -0.15) is 0 Å². The van der Waals surface area contributed by atoms with Gasteiger partial charge >= 0.3 is 5.97 Å². The van der Waals surface area contributed by atoms with Crippen LogP contribution in [0.5, 0.6) is 0 Å². The van der Waals surface area contributed by atoms with E-state index in [4.69, 9.17) is 5.11 Å². The molecule has 0 aromatic carbocycles. The maximum atomic E-state index is 11.1. The second-order valence-corrected chi connectivity index (χ2v) is 2.76.